The van der Waals surface area contributed by atoms with Gasteiger partial charge in [-0.25, -0.2) is 0 Å². The monoisotopic (exact) mass is 239 g/mol. The number of hydrogen-bond donors (Lipinski definition) is 3. The average molecular weight is 239 g/mol. The van der Waals surface area contributed by atoms with E-state index in [2.05, 4.69) is 5.32 Å². The molecule has 0 radical (unpaired) electrons. The maximum Gasteiger partial charge on any atom is 0.254 e. The van der Waals surface area contributed by atoms with Crippen molar-refractivity contribution in [3.8, 4) is 0 Å². The highest BCUT2D eigenvalue weighted by atomic mass is 16.2. The van der Waals surface area contributed by atoms with Gasteiger partial charge >= 0.3 is 0 Å². The zero-order chi connectivity index (χ0) is 13.1. The van der Waals surface area contributed by atoms with Gasteiger partial charge in [-0.2, -0.15) is 0 Å². The number of hydrogen-bond acceptors (Lipinski definition) is 4. The Kier molecular flexibility index (Phi) is 4.42. The predicted octanol–water partition coefficient (Wildman–Crippen LogP) is 0.543. The summed E-state index contributed by atoms with van der Waals surface area (Å²) in [5.74, 6) is -0.532. The highest BCUT2D eigenvalue weighted by Gasteiger charge is 2.22. The fourth-order valence-corrected chi connectivity index (χ4v) is 1.84. The molecular weight excluding hydrogens is 218 g/mol. The maximum absolute atomic E-state index is 10.6. The number of imide groups is 1. The molecule has 0 aromatic rings. The summed E-state index contributed by atoms with van der Waals surface area (Å²) >= 11 is 0. The van der Waals surface area contributed by atoms with E-state index in [0.29, 0.717) is 11.1 Å². The first-order valence-electron chi connectivity index (χ1n) is 5.94. The van der Waals surface area contributed by atoms with Gasteiger partial charge in [0.05, 0.1) is 5.66 Å². The van der Waals surface area contributed by atoms with Crippen LogP contribution in [0.15, 0.2) is 11.1 Å². The zero-order valence-corrected chi connectivity index (χ0v) is 10.5. The van der Waals surface area contributed by atoms with Crippen LogP contribution in [0.4, 0.5) is 0 Å². The van der Waals surface area contributed by atoms with Crippen LogP contribution in [0.3, 0.4) is 0 Å². The Labute approximate surface area is 102 Å². The van der Waals surface area contributed by atoms with Gasteiger partial charge in [0.15, 0.2) is 0 Å². The minimum Gasteiger partial charge on any atom is -0.313 e. The van der Waals surface area contributed by atoms with Crippen LogP contribution in [0.25, 0.3) is 0 Å². The van der Waals surface area contributed by atoms with Crippen molar-refractivity contribution in [3.05, 3.63) is 11.1 Å². The molecule has 1 fully saturated rings. The molecule has 0 atom stereocenters. The third-order valence-corrected chi connectivity index (χ3v) is 3.26. The molecule has 2 aliphatic rings. The quantitative estimate of drug-likeness (QED) is 0.424. The third kappa shape index (κ3) is 3.94. The zero-order valence-electron chi connectivity index (χ0n) is 10.5. The molecule has 0 saturated heterocycles. The second-order valence-corrected chi connectivity index (χ2v) is 4.83. The van der Waals surface area contributed by atoms with Crippen molar-refractivity contribution in [2.45, 2.75) is 51.6 Å². The summed E-state index contributed by atoms with van der Waals surface area (Å²) in [4.78, 5) is 21.2. The molecule has 17 heavy (non-hydrogen) atoms. The van der Waals surface area contributed by atoms with Crippen LogP contribution in [-0.2, 0) is 9.59 Å². The summed E-state index contributed by atoms with van der Waals surface area (Å²) in [7, 11) is 0. The lowest BCUT2D eigenvalue weighted by atomic mass is 9.91. The smallest absolute Gasteiger partial charge is 0.254 e. The predicted molar refractivity (Wildman–Crippen MR) is 65.7 cm³/mol. The van der Waals surface area contributed by atoms with Crippen molar-refractivity contribution in [1.29, 1.82) is 0 Å². The van der Waals surface area contributed by atoms with Gasteiger partial charge in [0.1, 0.15) is 0 Å². The van der Waals surface area contributed by atoms with E-state index in [4.69, 9.17) is 11.5 Å². The lowest BCUT2D eigenvalue weighted by Gasteiger charge is -2.28. The first-order valence-corrected chi connectivity index (χ1v) is 5.94. The highest BCUT2D eigenvalue weighted by Crippen LogP contribution is 2.20. The van der Waals surface area contributed by atoms with Crippen molar-refractivity contribution < 1.29 is 9.59 Å². The number of amides is 2. The topological polar surface area (TPSA) is 98.2 Å². The van der Waals surface area contributed by atoms with Gasteiger partial charge in [0.2, 0.25) is 0 Å². The minimum atomic E-state index is -0.321. The average Bonchev–Trinajstić information content (AvgIpc) is 2.46. The largest absolute Gasteiger partial charge is 0.313 e. The number of nitrogens with one attached hydrogen (secondary N) is 1. The molecule has 0 bridgehead atoms. The van der Waals surface area contributed by atoms with Gasteiger partial charge in [-0.15, -0.1) is 0 Å². The molecule has 5 nitrogen and oxygen atoms in total. The summed E-state index contributed by atoms with van der Waals surface area (Å²) < 4.78 is 0. The van der Waals surface area contributed by atoms with Crippen LogP contribution >= 0.6 is 0 Å². The van der Waals surface area contributed by atoms with E-state index in [-0.39, 0.29) is 17.5 Å². The van der Waals surface area contributed by atoms with Crippen molar-refractivity contribution >= 4 is 11.8 Å². The van der Waals surface area contributed by atoms with Crippen LogP contribution < -0.4 is 16.8 Å². The van der Waals surface area contributed by atoms with Gasteiger partial charge in [-0.1, -0.05) is 19.3 Å². The first kappa shape index (κ1) is 13.9. The highest BCUT2D eigenvalue weighted by molar-refractivity contribution is 6.18. The van der Waals surface area contributed by atoms with Crippen LogP contribution in [0, 0.1) is 0 Å². The van der Waals surface area contributed by atoms with Crippen LogP contribution in [0.5, 0.6) is 0 Å². The van der Waals surface area contributed by atoms with E-state index in [1.807, 2.05) is 0 Å². The molecule has 96 valence electrons. The number of nitrogens with two attached hydrogens (primary N) is 2. The summed E-state index contributed by atoms with van der Waals surface area (Å²) in [6, 6.07) is 0. The van der Waals surface area contributed by atoms with E-state index >= 15 is 0 Å². The van der Waals surface area contributed by atoms with Crippen molar-refractivity contribution in [2.24, 2.45) is 11.5 Å². The molecule has 1 aliphatic heterocycles. The third-order valence-electron chi connectivity index (χ3n) is 3.26. The second kappa shape index (κ2) is 5.42. The molecule has 1 saturated carbocycles. The van der Waals surface area contributed by atoms with E-state index < -0.39 is 0 Å². The van der Waals surface area contributed by atoms with Gasteiger partial charge in [-0.05, 0) is 26.7 Å². The van der Waals surface area contributed by atoms with Crippen LogP contribution in [-0.4, -0.2) is 17.5 Å². The van der Waals surface area contributed by atoms with E-state index in [1.54, 1.807) is 13.8 Å². The fraction of sp³-hybridized carbons (Fsp3) is 0.667. The van der Waals surface area contributed by atoms with Gasteiger partial charge < -0.3 is 11.5 Å². The number of rotatable bonds is 0. The summed E-state index contributed by atoms with van der Waals surface area (Å²) in [5, 5.41) is 2.16. The fourth-order valence-electron chi connectivity index (χ4n) is 1.84. The second-order valence-electron chi connectivity index (χ2n) is 4.83. The molecule has 5 N–H and O–H groups in total. The van der Waals surface area contributed by atoms with Crippen LogP contribution in [0.2, 0.25) is 0 Å². The van der Waals surface area contributed by atoms with Gasteiger partial charge in [0, 0.05) is 11.1 Å². The number of carbonyl (C=O) groups is 2. The molecule has 0 spiro atoms. The Bertz CT molecular complexity index is 329. The molecule has 1 heterocycles. The summed E-state index contributed by atoms with van der Waals surface area (Å²) in [5.41, 5.74) is 12.0. The molecule has 1 aliphatic carbocycles. The summed E-state index contributed by atoms with van der Waals surface area (Å²) in [6.07, 6.45) is 5.76. The van der Waals surface area contributed by atoms with Crippen molar-refractivity contribution in [2.75, 3.05) is 0 Å². The van der Waals surface area contributed by atoms with Gasteiger partial charge in [0.25, 0.3) is 11.8 Å². The Morgan fingerprint density at radius 2 is 1.35 bits per heavy atom. The standard InChI is InChI=1S/C6H14N2.C6H7NO2/c7-6(8)4-2-1-3-5-6;1-3-4(2)6(9)7-5(3)8/h1-5,7-8H2;1-2H3,(H,7,8,9). The Morgan fingerprint density at radius 3 is 1.53 bits per heavy atom. The Balaban J connectivity index is 0.000000171. The molecule has 0 aromatic heterocycles. The van der Waals surface area contributed by atoms with Crippen molar-refractivity contribution in [3.63, 3.8) is 0 Å². The van der Waals surface area contributed by atoms with Gasteiger partial charge in [-0.3, -0.25) is 14.9 Å². The molecule has 0 aromatic carbocycles. The normalized spacial score (nSPS) is 23.1. The van der Waals surface area contributed by atoms with Crippen molar-refractivity contribution in [1.82, 2.24) is 5.32 Å². The van der Waals surface area contributed by atoms with E-state index in [9.17, 15) is 9.59 Å². The molecular formula is C12H21N3O2. The number of carbonyl (C=O) groups excluding carboxylic acids is 2. The molecule has 2 amide bonds. The summed E-state index contributed by atoms with van der Waals surface area (Å²) in [6.45, 7) is 3.27. The molecule has 0 unspecified atom stereocenters. The van der Waals surface area contributed by atoms with E-state index in [0.717, 1.165) is 12.8 Å². The van der Waals surface area contributed by atoms with E-state index in [1.165, 1.54) is 19.3 Å². The first-order chi connectivity index (χ1) is 7.83. The Morgan fingerprint density at radius 1 is 0.941 bits per heavy atom. The minimum absolute atomic E-state index is 0.266. The SMILES string of the molecule is CC1=C(C)C(=O)NC1=O.NC1(N)CCCCC1. The lowest BCUT2D eigenvalue weighted by Crippen LogP contribution is -2.50. The maximum atomic E-state index is 10.6. The van der Waals surface area contributed by atoms with Crippen LogP contribution in [0.1, 0.15) is 46.0 Å². The lowest BCUT2D eigenvalue weighted by molar-refractivity contribution is -0.124. The molecule has 5 heteroatoms. The molecule has 2 rings (SSSR count). The Hall–Kier alpha value is -1.20.